The van der Waals surface area contributed by atoms with Gasteiger partial charge in [0.25, 0.3) is 0 Å². The van der Waals surface area contributed by atoms with Crippen LogP contribution in [-0.4, -0.2) is 36.7 Å². The molecule has 1 heterocycles. The van der Waals surface area contributed by atoms with Crippen LogP contribution in [-0.2, 0) is 4.74 Å². The van der Waals surface area contributed by atoms with Gasteiger partial charge in [-0.1, -0.05) is 12.8 Å². The van der Waals surface area contributed by atoms with E-state index in [1.54, 1.807) is 0 Å². The average molecular weight is 197 g/mol. The molecule has 0 bridgehead atoms. The largest absolute Gasteiger partial charge is 0.379 e. The molecule has 0 amide bonds. The van der Waals surface area contributed by atoms with Crippen LogP contribution in [0.5, 0.6) is 0 Å². The lowest BCUT2D eigenvalue weighted by molar-refractivity contribution is 0.101. The molecule has 0 aromatic heterocycles. The fourth-order valence-electron chi connectivity index (χ4n) is 2.66. The summed E-state index contributed by atoms with van der Waals surface area (Å²) < 4.78 is 5.55. The summed E-state index contributed by atoms with van der Waals surface area (Å²) in [5.74, 6) is 0.808. The molecule has 0 spiro atoms. The van der Waals surface area contributed by atoms with Crippen molar-refractivity contribution in [2.75, 3.05) is 19.8 Å². The smallest absolute Gasteiger partial charge is 0.188 e. The molecule has 0 aromatic rings. The van der Waals surface area contributed by atoms with Crippen LogP contribution < -0.4 is 5.73 Å². The Morgan fingerprint density at radius 2 is 2.14 bits per heavy atom. The quantitative estimate of drug-likeness (QED) is 0.445. The van der Waals surface area contributed by atoms with E-state index < -0.39 is 0 Å². The molecule has 2 atom stereocenters. The second kappa shape index (κ2) is 4.17. The monoisotopic (exact) mass is 197 g/mol. The highest BCUT2D eigenvalue weighted by molar-refractivity contribution is 5.75. The average Bonchev–Trinajstić information content (AvgIpc) is 2.39. The Labute approximate surface area is 84.9 Å². The fraction of sp³-hybridized carbons (Fsp3) is 0.900. The number of nitrogens with one attached hydrogen (secondary N) is 1. The number of nitrogens with zero attached hydrogens (tertiary/aromatic N) is 1. The Bertz CT molecular complexity index is 219. The van der Waals surface area contributed by atoms with Gasteiger partial charge in [0.05, 0.1) is 13.2 Å². The third-order valence-electron chi connectivity index (χ3n) is 3.39. The first-order valence-electron chi connectivity index (χ1n) is 5.47. The van der Waals surface area contributed by atoms with E-state index in [1.807, 2.05) is 4.90 Å². The van der Waals surface area contributed by atoms with E-state index in [0.29, 0.717) is 18.6 Å². The first kappa shape index (κ1) is 9.77. The summed E-state index contributed by atoms with van der Waals surface area (Å²) in [6.45, 7) is 2.36. The zero-order valence-corrected chi connectivity index (χ0v) is 8.54. The van der Waals surface area contributed by atoms with Crippen LogP contribution in [0.4, 0.5) is 0 Å². The highest BCUT2D eigenvalue weighted by atomic mass is 16.5. The van der Waals surface area contributed by atoms with Gasteiger partial charge in [-0.05, 0) is 12.8 Å². The van der Waals surface area contributed by atoms with Gasteiger partial charge in [-0.15, -0.1) is 0 Å². The van der Waals surface area contributed by atoms with Crippen molar-refractivity contribution in [2.24, 2.45) is 11.7 Å². The van der Waals surface area contributed by atoms with Gasteiger partial charge >= 0.3 is 0 Å². The van der Waals surface area contributed by atoms with E-state index in [2.05, 4.69) is 0 Å². The SMILES string of the molecule is N=C(N)N1CCOC[C@@H]2CCCC[C@@H]21. The maximum Gasteiger partial charge on any atom is 0.188 e. The van der Waals surface area contributed by atoms with Gasteiger partial charge < -0.3 is 15.4 Å². The number of fused-ring (bicyclic) bond motifs is 1. The topological polar surface area (TPSA) is 62.3 Å². The lowest BCUT2D eigenvalue weighted by atomic mass is 9.84. The van der Waals surface area contributed by atoms with Gasteiger partial charge in [0.15, 0.2) is 5.96 Å². The summed E-state index contributed by atoms with van der Waals surface area (Å²) in [7, 11) is 0. The maximum atomic E-state index is 7.56. The summed E-state index contributed by atoms with van der Waals surface area (Å²) in [5.41, 5.74) is 5.60. The Kier molecular flexibility index (Phi) is 2.91. The van der Waals surface area contributed by atoms with Crippen LogP contribution in [0, 0.1) is 11.3 Å². The predicted molar refractivity (Wildman–Crippen MR) is 55.2 cm³/mol. The zero-order chi connectivity index (χ0) is 9.97. The van der Waals surface area contributed by atoms with Crippen molar-refractivity contribution in [3.8, 4) is 0 Å². The van der Waals surface area contributed by atoms with Gasteiger partial charge in [0.2, 0.25) is 0 Å². The molecule has 1 saturated heterocycles. The Hall–Kier alpha value is -0.770. The normalized spacial score (nSPS) is 33.3. The molecule has 0 radical (unpaired) electrons. The Balaban J connectivity index is 2.10. The molecular weight excluding hydrogens is 178 g/mol. The van der Waals surface area contributed by atoms with E-state index in [-0.39, 0.29) is 5.96 Å². The van der Waals surface area contributed by atoms with Gasteiger partial charge in [0, 0.05) is 18.5 Å². The number of nitrogens with two attached hydrogens (primary N) is 1. The van der Waals surface area contributed by atoms with E-state index in [9.17, 15) is 0 Å². The van der Waals surface area contributed by atoms with Crippen molar-refractivity contribution in [3.05, 3.63) is 0 Å². The summed E-state index contributed by atoms with van der Waals surface area (Å²) in [4.78, 5) is 2.02. The minimum absolute atomic E-state index is 0.215. The molecule has 14 heavy (non-hydrogen) atoms. The van der Waals surface area contributed by atoms with Crippen molar-refractivity contribution >= 4 is 5.96 Å². The van der Waals surface area contributed by atoms with Gasteiger partial charge in [-0.25, -0.2) is 0 Å². The van der Waals surface area contributed by atoms with Crippen LogP contribution >= 0.6 is 0 Å². The molecule has 4 nitrogen and oxygen atoms in total. The lowest BCUT2D eigenvalue weighted by Crippen LogP contribution is -2.48. The lowest BCUT2D eigenvalue weighted by Gasteiger charge is -2.37. The molecule has 4 heteroatoms. The number of ether oxygens (including phenoxy) is 1. The van der Waals surface area contributed by atoms with Crippen LogP contribution in [0.1, 0.15) is 25.7 Å². The minimum Gasteiger partial charge on any atom is -0.379 e. The van der Waals surface area contributed by atoms with Crippen molar-refractivity contribution in [1.29, 1.82) is 5.41 Å². The molecule has 2 aliphatic rings. The first-order chi connectivity index (χ1) is 6.79. The number of rotatable bonds is 0. The predicted octanol–water partition coefficient (Wildman–Crippen LogP) is 0.771. The molecule has 1 aliphatic carbocycles. The second-order valence-corrected chi connectivity index (χ2v) is 4.27. The van der Waals surface area contributed by atoms with E-state index in [1.165, 1.54) is 25.7 Å². The molecule has 0 unspecified atom stereocenters. The highest BCUT2D eigenvalue weighted by Gasteiger charge is 2.32. The second-order valence-electron chi connectivity index (χ2n) is 4.27. The van der Waals surface area contributed by atoms with E-state index in [4.69, 9.17) is 15.9 Å². The van der Waals surface area contributed by atoms with Crippen molar-refractivity contribution in [2.45, 2.75) is 31.7 Å². The minimum atomic E-state index is 0.215. The molecule has 2 rings (SSSR count). The number of guanidine groups is 1. The Morgan fingerprint density at radius 1 is 1.36 bits per heavy atom. The van der Waals surface area contributed by atoms with Crippen molar-refractivity contribution in [3.63, 3.8) is 0 Å². The third kappa shape index (κ3) is 1.85. The highest BCUT2D eigenvalue weighted by Crippen LogP contribution is 2.29. The maximum absolute atomic E-state index is 7.56. The van der Waals surface area contributed by atoms with Crippen LogP contribution in [0.25, 0.3) is 0 Å². The summed E-state index contributed by atoms with van der Waals surface area (Å²) in [5, 5.41) is 7.56. The molecule has 0 aromatic carbocycles. The number of hydrogen-bond donors (Lipinski definition) is 2. The van der Waals surface area contributed by atoms with E-state index in [0.717, 1.165) is 13.2 Å². The summed E-state index contributed by atoms with van der Waals surface area (Å²) in [6, 6.07) is 0.462. The van der Waals surface area contributed by atoms with Gasteiger partial charge in [-0.3, -0.25) is 5.41 Å². The summed E-state index contributed by atoms with van der Waals surface area (Å²) in [6.07, 6.45) is 4.98. The molecular formula is C10H19N3O. The van der Waals surface area contributed by atoms with Gasteiger partial charge in [-0.2, -0.15) is 0 Å². The van der Waals surface area contributed by atoms with Gasteiger partial charge in [0.1, 0.15) is 0 Å². The zero-order valence-electron chi connectivity index (χ0n) is 8.54. The van der Waals surface area contributed by atoms with Crippen molar-refractivity contribution in [1.82, 2.24) is 4.90 Å². The molecule has 3 N–H and O–H groups in total. The molecule has 80 valence electrons. The Morgan fingerprint density at radius 3 is 2.93 bits per heavy atom. The van der Waals surface area contributed by atoms with Crippen molar-refractivity contribution < 1.29 is 4.74 Å². The van der Waals surface area contributed by atoms with Crippen LogP contribution in [0.15, 0.2) is 0 Å². The standard InChI is InChI=1S/C10H19N3O/c11-10(12)13-5-6-14-7-8-3-1-2-4-9(8)13/h8-9H,1-7H2,(H3,11,12)/t8-,9-/m0/s1. The molecule has 2 fully saturated rings. The van der Waals surface area contributed by atoms with Crippen LogP contribution in [0.3, 0.4) is 0 Å². The molecule has 1 aliphatic heterocycles. The number of hydrogen-bond acceptors (Lipinski definition) is 2. The fourth-order valence-corrected chi connectivity index (χ4v) is 2.66. The molecule has 1 saturated carbocycles. The van der Waals surface area contributed by atoms with E-state index >= 15 is 0 Å². The van der Waals surface area contributed by atoms with Crippen LogP contribution in [0.2, 0.25) is 0 Å². The first-order valence-corrected chi connectivity index (χ1v) is 5.47. The summed E-state index contributed by atoms with van der Waals surface area (Å²) >= 11 is 0. The third-order valence-corrected chi connectivity index (χ3v) is 3.39.